The fourth-order valence-electron chi connectivity index (χ4n) is 5.16. The Hall–Kier alpha value is -4.67. The SMILES string of the molecule is Fc1cccc(Cn2ccc3cc(Nc4ncnc5ccc(-n6cc(CN7CCOCC7)nn6)cc45)ccc32)c1. The van der Waals surface area contributed by atoms with Crippen molar-refractivity contribution in [2.45, 2.75) is 13.1 Å². The number of hydrogen-bond acceptors (Lipinski definition) is 7. The summed E-state index contributed by atoms with van der Waals surface area (Å²) in [5.41, 5.74) is 5.54. The van der Waals surface area contributed by atoms with Crippen LogP contribution in [0, 0.1) is 5.82 Å². The van der Waals surface area contributed by atoms with E-state index < -0.39 is 0 Å². The van der Waals surface area contributed by atoms with E-state index in [2.05, 4.69) is 53.3 Å². The molecule has 3 aromatic carbocycles. The number of rotatable bonds is 7. The summed E-state index contributed by atoms with van der Waals surface area (Å²) >= 11 is 0. The van der Waals surface area contributed by atoms with Gasteiger partial charge in [0.1, 0.15) is 18.0 Å². The molecule has 3 aromatic heterocycles. The maximum absolute atomic E-state index is 13.6. The van der Waals surface area contributed by atoms with E-state index in [1.165, 1.54) is 6.07 Å². The molecule has 0 unspecified atom stereocenters. The highest BCUT2D eigenvalue weighted by atomic mass is 19.1. The Bertz CT molecular complexity index is 1810. The zero-order chi connectivity index (χ0) is 26.9. The molecule has 0 aliphatic carbocycles. The number of halogens is 1. The third-order valence-electron chi connectivity index (χ3n) is 7.19. The van der Waals surface area contributed by atoms with Crippen molar-refractivity contribution < 1.29 is 9.13 Å². The van der Waals surface area contributed by atoms with E-state index in [0.717, 1.165) is 77.3 Å². The summed E-state index contributed by atoms with van der Waals surface area (Å²) in [5.74, 6) is 0.483. The van der Waals surface area contributed by atoms with E-state index in [0.29, 0.717) is 12.4 Å². The highest BCUT2D eigenvalue weighted by Gasteiger charge is 2.14. The van der Waals surface area contributed by atoms with Crippen LogP contribution < -0.4 is 5.32 Å². The Balaban J connectivity index is 1.13. The third kappa shape index (κ3) is 5.02. The molecule has 1 saturated heterocycles. The molecule has 7 rings (SSSR count). The first-order chi connectivity index (χ1) is 19.7. The molecule has 0 atom stereocenters. The molecule has 1 aliphatic rings. The van der Waals surface area contributed by atoms with Crippen LogP contribution in [0.2, 0.25) is 0 Å². The van der Waals surface area contributed by atoms with Crippen LogP contribution in [0.15, 0.2) is 85.5 Å². The van der Waals surface area contributed by atoms with Crippen molar-refractivity contribution in [1.82, 2.24) is 34.4 Å². The molecule has 10 heteroatoms. The highest BCUT2D eigenvalue weighted by molar-refractivity contribution is 5.93. The fraction of sp³-hybridized carbons (Fsp3) is 0.200. The maximum atomic E-state index is 13.6. The van der Waals surface area contributed by atoms with Gasteiger partial charge in [-0.05, 0) is 60.2 Å². The Kier molecular flexibility index (Phi) is 6.39. The lowest BCUT2D eigenvalue weighted by molar-refractivity contribution is 0.0336. The summed E-state index contributed by atoms with van der Waals surface area (Å²) in [6.07, 6.45) is 5.56. The van der Waals surface area contributed by atoms with Crippen LogP contribution >= 0.6 is 0 Å². The summed E-state index contributed by atoms with van der Waals surface area (Å²) in [5, 5.41) is 14.2. The van der Waals surface area contributed by atoms with Crippen molar-refractivity contribution >= 4 is 33.3 Å². The van der Waals surface area contributed by atoms with E-state index in [1.807, 2.05) is 42.7 Å². The average Bonchev–Trinajstić information content (AvgIpc) is 3.60. The van der Waals surface area contributed by atoms with Gasteiger partial charge in [-0.25, -0.2) is 19.0 Å². The van der Waals surface area contributed by atoms with Crippen LogP contribution in [0.4, 0.5) is 15.9 Å². The Morgan fingerprint density at radius 2 is 1.85 bits per heavy atom. The maximum Gasteiger partial charge on any atom is 0.141 e. The van der Waals surface area contributed by atoms with Crippen molar-refractivity contribution in [2.24, 2.45) is 0 Å². The number of nitrogens with one attached hydrogen (secondary N) is 1. The van der Waals surface area contributed by atoms with Gasteiger partial charge in [0, 0.05) is 54.4 Å². The number of nitrogens with zero attached hydrogens (tertiary/aromatic N) is 7. The van der Waals surface area contributed by atoms with Gasteiger partial charge in [-0.15, -0.1) is 5.10 Å². The molecule has 200 valence electrons. The lowest BCUT2D eigenvalue weighted by atomic mass is 10.2. The molecule has 1 fully saturated rings. The lowest BCUT2D eigenvalue weighted by Gasteiger charge is -2.25. The van der Waals surface area contributed by atoms with Crippen molar-refractivity contribution in [1.29, 1.82) is 0 Å². The fourth-order valence-corrected chi connectivity index (χ4v) is 5.16. The first-order valence-corrected chi connectivity index (χ1v) is 13.2. The molecular formula is C30H27FN8O. The predicted molar refractivity (Wildman–Crippen MR) is 151 cm³/mol. The molecule has 40 heavy (non-hydrogen) atoms. The second kappa shape index (κ2) is 10.5. The molecule has 1 N–H and O–H groups in total. The van der Waals surface area contributed by atoms with Gasteiger partial charge in [-0.3, -0.25) is 4.90 Å². The smallest absolute Gasteiger partial charge is 0.141 e. The molecular weight excluding hydrogens is 507 g/mol. The van der Waals surface area contributed by atoms with E-state index in [1.54, 1.807) is 23.1 Å². The minimum absolute atomic E-state index is 0.224. The van der Waals surface area contributed by atoms with E-state index >= 15 is 0 Å². The number of benzene rings is 3. The minimum Gasteiger partial charge on any atom is -0.379 e. The highest BCUT2D eigenvalue weighted by Crippen LogP contribution is 2.28. The molecule has 1 aliphatic heterocycles. The first kappa shape index (κ1) is 24.4. The van der Waals surface area contributed by atoms with Crippen LogP contribution in [0.1, 0.15) is 11.3 Å². The molecule has 0 radical (unpaired) electrons. The van der Waals surface area contributed by atoms with Gasteiger partial charge in [0.2, 0.25) is 0 Å². The number of fused-ring (bicyclic) bond motifs is 2. The predicted octanol–water partition coefficient (Wildman–Crippen LogP) is 4.93. The van der Waals surface area contributed by atoms with Crippen LogP contribution in [-0.2, 0) is 17.8 Å². The van der Waals surface area contributed by atoms with Crippen LogP contribution in [0.25, 0.3) is 27.5 Å². The second-order valence-electron chi connectivity index (χ2n) is 9.94. The monoisotopic (exact) mass is 534 g/mol. The lowest BCUT2D eigenvalue weighted by Crippen LogP contribution is -2.35. The van der Waals surface area contributed by atoms with Crippen molar-refractivity contribution in [3.05, 3.63) is 103 Å². The molecule has 0 bridgehead atoms. The van der Waals surface area contributed by atoms with Gasteiger partial charge in [0.25, 0.3) is 0 Å². The van der Waals surface area contributed by atoms with E-state index in [4.69, 9.17) is 4.74 Å². The molecule has 0 amide bonds. The number of anilines is 2. The van der Waals surface area contributed by atoms with E-state index in [-0.39, 0.29) is 5.82 Å². The van der Waals surface area contributed by atoms with Gasteiger partial charge in [-0.2, -0.15) is 0 Å². The first-order valence-electron chi connectivity index (χ1n) is 13.2. The van der Waals surface area contributed by atoms with E-state index in [9.17, 15) is 4.39 Å². The minimum atomic E-state index is -0.224. The zero-order valence-electron chi connectivity index (χ0n) is 21.7. The third-order valence-corrected chi connectivity index (χ3v) is 7.19. The van der Waals surface area contributed by atoms with Gasteiger partial charge in [0.05, 0.1) is 36.3 Å². The van der Waals surface area contributed by atoms with Gasteiger partial charge in [0.15, 0.2) is 0 Å². The Morgan fingerprint density at radius 1 is 0.925 bits per heavy atom. The second-order valence-corrected chi connectivity index (χ2v) is 9.94. The van der Waals surface area contributed by atoms with Crippen molar-refractivity contribution in [2.75, 3.05) is 31.6 Å². The summed E-state index contributed by atoms with van der Waals surface area (Å²) in [4.78, 5) is 11.3. The number of morpholine rings is 1. The topological polar surface area (TPSA) is 85.9 Å². The quantitative estimate of drug-likeness (QED) is 0.311. The van der Waals surface area contributed by atoms with Crippen molar-refractivity contribution in [3.63, 3.8) is 0 Å². The molecule has 0 saturated carbocycles. The van der Waals surface area contributed by atoms with Crippen molar-refractivity contribution in [3.8, 4) is 5.69 Å². The van der Waals surface area contributed by atoms with Gasteiger partial charge >= 0.3 is 0 Å². The van der Waals surface area contributed by atoms with Crippen LogP contribution in [0.3, 0.4) is 0 Å². The number of ether oxygens (including phenoxy) is 1. The average molecular weight is 535 g/mol. The van der Waals surface area contributed by atoms with Gasteiger partial charge < -0.3 is 14.6 Å². The zero-order valence-corrected chi connectivity index (χ0v) is 21.7. The van der Waals surface area contributed by atoms with Gasteiger partial charge in [-0.1, -0.05) is 17.3 Å². The molecule has 4 heterocycles. The normalized spacial score (nSPS) is 14.2. The summed E-state index contributed by atoms with van der Waals surface area (Å²) < 4.78 is 23.0. The standard InChI is InChI=1S/C30H27FN8O/c31-23-3-1-2-21(14-23)17-38-9-8-22-15-24(4-7-29(22)38)34-30-27-16-26(5-6-28(27)32-20-33-30)39-19-25(35-36-39)18-37-10-12-40-13-11-37/h1-9,14-16,19-20H,10-13,17-18H2,(H,32,33,34). The molecule has 9 nitrogen and oxygen atoms in total. The Morgan fingerprint density at radius 3 is 2.75 bits per heavy atom. The summed E-state index contributed by atoms with van der Waals surface area (Å²) in [6.45, 7) is 4.66. The largest absolute Gasteiger partial charge is 0.379 e. The Labute approximate surface area is 229 Å². The molecule has 0 spiro atoms. The summed E-state index contributed by atoms with van der Waals surface area (Å²) in [7, 11) is 0. The van der Waals surface area contributed by atoms with Crippen LogP contribution in [0.5, 0.6) is 0 Å². The summed E-state index contributed by atoms with van der Waals surface area (Å²) in [6, 6.07) is 20.9. The van der Waals surface area contributed by atoms with Crippen LogP contribution in [-0.4, -0.2) is 60.7 Å². The molecule has 6 aromatic rings. The number of hydrogen-bond donors (Lipinski definition) is 1. The number of aromatic nitrogens is 6.